The number of hydrogen-bond donors (Lipinski definition) is 1. The molecule has 1 heterocycles. The van der Waals surface area contributed by atoms with E-state index in [1.54, 1.807) is 18.2 Å². The lowest BCUT2D eigenvalue weighted by Crippen LogP contribution is -2.13. The summed E-state index contributed by atoms with van der Waals surface area (Å²) >= 11 is 0.719. The SMILES string of the molecule is CCS(=O)(=O)c1nnc(NC(=O)/C(C#N)=C\c2ccc(OCCOc3cc(C)cc(C)c3)c(OC)c2)s1. The number of carbonyl (C=O) groups is 1. The standard InChI is InChI=1S/C25H26N4O6S2/c1-5-37(31,32)25-29-28-24(36-25)27-23(30)19(15-26)13-18-6-7-21(22(14-18)33-4)35-9-8-34-20-11-16(2)10-17(3)12-20/h6-7,10-14H,5,8-9H2,1-4H3,(H,27,28,30)/b19-13-. The predicted molar refractivity (Wildman–Crippen MR) is 140 cm³/mol. The number of carbonyl (C=O) groups excluding carboxylic acids is 1. The minimum atomic E-state index is -3.55. The monoisotopic (exact) mass is 542 g/mol. The summed E-state index contributed by atoms with van der Waals surface area (Å²) < 4.78 is 40.5. The Morgan fingerprint density at radius 1 is 1.08 bits per heavy atom. The lowest BCUT2D eigenvalue weighted by molar-refractivity contribution is -0.112. The quantitative estimate of drug-likeness (QED) is 0.165. The predicted octanol–water partition coefficient (Wildman–Crippen LogP) is 3.96. The van der Waals surface area contributed by atoms with Gasteiger partial charge in [-0.15, -0.1) is 10.2 Å². The molecular weight excluding hydrogens is 516 g/mol. The molecule has 0 unspecified atom stereocenters. The van der Waals surface area contributed by atoms with Crippen molar-refractivity contribution in [2.45, 2.75) is 25.1 Å². The Morgan fingerprint density at radius 3 is 2.43 bits per heavy atom. The van der Waals surface area contributed by atoms with E-state index in [4.69, 9.17) is 14.2 Å². The molecule has 1 aromatic heterocycles. The molecule has 194 valence electrons. The van der Waals surface area contributed by atoms with Gasteiger partial charge >= 0.3 is 0 Å². The molecule has 0 aliphatic carbocycles. The zero-order valence-corrected chi connectivity index (χ0v) is 22.4. The number of nitrogens with zero attached hydrogens (tertiary/aromatic N) is 3. The fourth-order valence-electron chi connectivity index (χ4n) is 3.21. The molecule has 0 radical (unpaired) electrons. The number of sulfone groups is 1. The van der Waals surface area contributed by atoms with Crippen LogP contribution in [0.15, 0.2) is 46.3 Å². The summed E-state index contributed by atoms with van der Waals surface area (Å²) in [5.74, 6) is 0.774. The molecule has 1 N–H and O–H groups in total. The van der Waals surface area contributed by atoms with Crippen molar-refractivity contribution in [3.63, 3.8) is 0 Å². The maximum atomic E-state index is 12.5. The van der Waals surface area contributed by atoms with E-state index in [0.29, 0.717) is 23.7 Å². The molecule has 3 aromatic rings. The zero-order chi connectivity index (χ0) is 27.0. The number of anilines is 1. The zero-order valence-electron chi connectivity index (χ0n) is 20.8. The van der Waals surface area contributed by atoms with Gasteiger partial charge < -0.3 is 14.2 Å². The fourth-order valence-corrected chi connectivity index (χ4v) is 5.19. The van der Waals surface area contributed by atoms with Crippen LogP contribution in [0.3, 0.4) is 0 Å². The maximum absolute atomic E-state index is 12.5. The van der Waals surface area contributed by atoms with Gasteiger partial charge in [0.05, 0.1) is 12.9 Å². The van der Waals surface area contributed by atoms with Crippen molar-refractivity contribution in [1.82, 2.24) is 10.2 Å². The Hall–Kier alpha value is -3.95. The second-order valence-electron chi connectivity index (χ2n) is 7.83. The summed E-state index contributed by atoms with van der Waals surface area (Å²) in [5.41, 5.74) is 2.54. The molecular formula is C25H26N4O6S2. The van der Waals surface area contributed by atoms with Crippen molar-refractivity contribution in [3.05, 3.63) is 58.7 Å². The number of methoxy groups -OCH3 is 1. The number of nitrogens with one attached hydrogen (secondary N) is 1. The van der Waals surface area contributed by atoms with Crippen LogP contribution >= 0.6 is 11.3 Å². The van der Waals surface area contributed by atoms with Gasteiger partial charge in [0, 0.05) is 0 Å². The Morgan fingerprint density at radius 2 is 1.78 bits per heavy atom. The average Bonchev–Trinajstić information content (AvgIpc) is 3.34. The summed E-state index contributed by atoms with van der Waals surface area (Å²) in [6.45, 7) is 6.10. The number of benzene rings is 2. The van der Waals surface area contributed by atoms with Crippen LogP contribution in [0.1, 0.15) is 23.6 Å². The first kappa shape index (κ1) is 27.6. The lowest BCUT2D eigenvalue weighted by Gasteiger charge is -2.13. The van der Waals surface area contributed by atoms with Crippen molar-refractivity contribution in [3.8, 4) is 23.3 Å². The van der Waals surface area contributed by atoms with Gasteiger partial charge in [-0.25, -0.2) is 8.42 Å². The number of nitriles is 1. The van der Waals surface area contributed by atoms with Crippen LogP contribution in [0.2, 0.25) is 0 Å². The maximum Gasteiger partial charge on any atom is 0.268 e. The van der Waals surface area contributed by atoms with Gasteiger partial charge in [-0.1, -0.05) is 30.4 Å². The van der Waals surface area contributed by atoms with Crippen LogP contribution in [0, 0.1) is 25.2 Å². The minimum Gasteiger partial charge on any atom is -0.493 e. The third kappa shape index (κ3) is 7.52. The molecule has 10 nitrogen and oxygen atoms in total. The number of aryl methyl sites for hydroxylation is 2. The van der Waals surface area contributed by atoms with Crippen LogP contribution in [0.25, 0.3) is 6.08 Å². The number of rotatable bonds is 11. The summed E-state index contributed by atoms with van der Waals surface area (Å²) in [6, 6.07) is 12.8. The van der Waals surface area contributed by atoms with E-state index < -0.39 is 15.7 Å². The van der Waals surface area contributed by atoms with Crippen LogP contribution in [0.5, 0.6) is 17.2 Å². The van der Waals surface area contributed by atoms with E-state index in [1.807, 2.05) is 32.0 Å². The van der Waals surface area contributed by atoms with Gasteiger partial charge in [-0.3, -0.25) is 10.1 Å². The minimum absolute atomic E-state index is 0.0254. The number of ether oxygens (including phenoxy) is 3. The van der Waals surface area contributed by atoms with Crippen molar-refractivity contribution in [2.24, 2.45) is 0 Å². The second-order valence-corrected chi connectivity index (χ2v) is 11.3. The highest BCUT2D eigenvalue weighted by molar-refractivity contribution is 7.93. The summed E-state index contributed by atoms with van der Waals surface area (Å²) in [7, 11) is -2.06. The molecule has 0 bridgehead atoms. The van der Waals surface area contributed by atoms with Gasteiger partial charge in [0.1, 0.15) is 30.6 Å². The molecule has 1 amide bonds. The highest BCUT2D eigenvalue weighted by Gasteiger charge is 2.20. The second kappa shape index (κ2) is 12.3. The summed E-state index contributed by atoms with van der Waals surface area (Å²) in [6.07, 6.45) is 1.37. The van der Waals surface area contributed by atoms with E-state index >= 15 is 0 Å². The molecule has 0 aliphatic heterocycles. The molecule has 0 fully saturated rings. The Kier molecular flexibility index (Phi) is 9.21. The first-order chi connectivity index (χ1) is 17.6. The van der Waals surface area contributed by atoms with Gasteiger partial charge in [0.2, 0.25) is 19.3 Å². The summed E-state index contributed by atoms with van der Waals surface area (Å²) in [4.78, 5) is 12.5. The van der Waals surface area contributed by atoms with Gasteiger partial charge in [-0.2, -0.15) is 5.26 Å². The van der Waals surface area contributed by atoms with Crippen molar-refractivity contribution >= 4 is 38.3 Å². The van der Waals surface area contributed by atoms with Crippen LogP contribution in [-0.4, -0.2) is 50.6 Å². The van der Waals surface area contributed by atoms with E-state index in [0.717, 1.165) is 28.2 Å². The van der Waals surface area contributed by atoms with E-state index in [-0.39, 0.29) is 27.4 Å². The molecule has 0 saturated heterocycles. The Labute approximate surface area is 219 Å². The Balaban J connectivity index is 1.65. The molecule has 37 heavy (non-hydrogen) atoms. The molecule has 0 aliphatic rings. The molecule has 0 atom stereocenters. The highest BCUT2D eigenvalue weighted by Crippen LogP contribution is 2.29. The van der Waals surface area contributed by atoms with Crippen LogP contribution in [0.4, 0.5) is 5.13 Å². The largest absolute Gasteiger partial charge is 0.493 e. The number of hydrogen-bond acceptors (Lipinski definition) is 10. The summed E-state index contributed by atoms with van der Waals surface area (Å²) in [5, 5.41) is 19.1. The lowest BCUT2D eigenvalue weighted by atomic mass is 10.1. The van der Waals surface area contributed by atoms with Gasteiger partial charge in [0.15, 0.2) is 11.5 Å². The van der Waals surface area contributed by atoms with E-state index in [1.165, 1.54) is 20.1 Å². The first-order valence-corrected chi connectivity index (χ1v) is 13.6. The first-order valence-electron chi connectivity index (χ1n) is 11.2. The molecule has 12 heteroatoms. The normalized spacial score (nSPS) is 11.5. The number of aromatic nitrogens is 2. The van der Waals surface area contributed by atoms with Crippen LogP contribution in [-0.2, 0) is 14.6 Å². The fraction of sp³-hybridized carbons (Fsp3) is 0.280. The van der Waals surface area contributed by atoms with Crippen molar-refractivity contribution in [2.75, 3.05) is 31.4 Å². The third-order valence-corrected chi connectivity index (χ3v) is 7.96. The molecule has 3 rings (SSSR count). The molecule has 0 saturated carbocycles. The van der Waals surface area contributed by atoms with E-state index in [2.05, 4.69) is 21.6 Å². The topological polar surface area (TPSA) is 140 Å². The third-order valence-electron chi connectivity index (χ3n) is 4.94. The van der Waals surface area contributed by atoms with Crippen LogP contribution < -0.4 is 19.5 Å². The van der Waals surface area contributed by atoms with Gasteiger partial charge in [0.25, 0.3) is 5.91 Å². The smallest absolute Gasteiger partial charge is 0.268 e. The van der Waals surface area contributed by atoms with Crippen molar-refractivity contribution in [1.29, 1.82) is 5.26 Å². The Bertz CT molecular complexity index is 1440. The van der Waals surface area contributed by atoms with Gasteiger partial charge in [-0.05, 0) is 60.9 Å². The molecule has 0 spiro atoms. The molecule has 2 aromatic carbocycles. The number of amides is 1. The average molecular weight is 543 g/mol. The highest BCUT2D eigenvalue weighted by atomic mass is 32.2. The van der Waals surface area contributed by atoms with E-state index in [9.17, 15) is 18.5 Å². The van der Waals surface area contributed by atoms with Crippen molar-refractivity contribution < 1.29 is 27.4 Å².